The fourth-order valence-corrected chi connectivity index (χ4v) is 3.33. The summed E-state index contributed by atoms with van der Waals surface area (Å²) in [6.45, 7) is 5.52. The number of benzene rings is 2. The van der Waals surface area contributed by atoms with Crippen molar-refractivity contribution in [2.24, 2.45) is 0 Å². The second-order valence-electron chi connectivity index (χ2n) is 5.00. The van der Waals surface area contributed by atoms with Crippen LogP contribution in [-0.4, -0.2) is 8.42 Å². The van der Waals surface area contributed by atoms with Crippen LogP contribution in [0.15, 0.2) is 35.2 Å². The number of aryl methyl sites for hydroxylation is 2. The molecule has 0 radical (unpaired) electrons. The summed E-state index contributed by atoms with van der Waals surface area (Å²) in [7, 11) is -3.70. The average molecular weight is 325 g/mol. The van der Waals surface area contributed by atoms with Crippen molar-refractivity contribution in [3.8, 4) is 0 Å². The minimum absolute atomic E-state index is 0.0998. The highest BCUT2D eigenvalue weighted by molar-refractivity contribution is 7.92. The number of nitrogens with two attached hydrogens (primary N) is 1. The van der Waals surface area contributed by atoms with Crippen LogP contribution >= 0.6 is 11.6 Å². The largest absolute Gasteiger partial charge is 0.397 e. The molecule has 2 rings (SSSR count). The van der Waals surface area contributed by atoms with Gasteiger partial charge in [-0.2, -0.15) is 0 Å². The van der Waals surface area contributed by atoms with Crippen LogP contribution in [0, 0.1) is 20.8 Å². The van der Waals surface area contributed by atoms with Gasteiger partial charge in [-0.15, -0.1) is 0 Å². The van der Waals surface area contributed by atoms with E-state index in [9.17, 15) is 8.42 Å². The van der Waals surface area contributed by atoms with Crippen LogP contribution in [0.4, 0.5) is 11.4 Å². The summed E-state index contributed by atoms with van der Waals surface area (Å²) in [4.78, 5) is 0.0998. The van der Waals surface area contributed by atoms with Gasteiger partial charge in [-0.05, 0) is 55.7 Å². The van der Waals surface area contributed by atoms with Crippen molar-refractivity contribution in [1.29, 1.82) is 0 Å². The normalized spacial score (nSPS) is 11.4. The van der Waals surface area contributed by atoms with Gasteiger partial charge in [0.25, 0.3) is 10.0 Å². The Balaban J connectivity index is 2.46. The van der Waals surface area contributed by atoms with Crippen LogP contribution < -0.4 is 10.5 Å². The molecule has 0 fully saturated rings. The molecule has 0 heterocycles. The highest BCUT2D eigenvalue weighted by Crippen LogP contribution is 2.28. The van der Waals surface area contributed by atoms with Gasteiger partial charge in [0, 0.05) is 0 Å². The van der Waals surface area contributed by atoms with Crippen molar-refractivity contribution in [1.82, 2.24) is 0 Å². The first-order chi connectivity index (χ1) is 9.72. The maximum Gasteiger partial charge on any atom is 0.261 e. The summed E-state index contributed by atoms with van der Waals surface area (Å²) in [5, 5.41) is 0.376. The maximum absolute atomic E-state index is 12.5. The molecule has 3 N–H and O–H groups in total. The Morgan fingerprint density at radius 3 is 2.38 bits per heavy atom. The Morgan fingerprint density at radius 2 is 1.76 bits per heavy atom. The van der Waals surface area contributed by atoms with E-state index in [1.165, 1.54) is 12.1 Å². The lowest BCUT2D eigenvalue weighted by molar-refractivity contribution is 0.601. The molecule has 6 heteroatoms. The van der Waals surface area contributed by atoms with Gasteiger partial charge in [0.2, 0.25) is 0 Å². The molecule has 2 aromatic carbocycles. The van der Waals surface area contributed by atoms with E-state index in [0.29, 0.717) is 16.3 Å². The first-order valence-corrected chi connectivity index (χ1v) is 8.23. The van der Waals surface area contributed by atoms with Crippen molar-refractivity contribution in [2.75, 3.05) is 10.5 Å². The lowest BCUT2D eigenvalue weighted by atomic mass is 10.1. The minimum Gasteiger partial charge on any atom is -0.397 e. The Labute approximate surface area is 130 Å². The molecular formula is C15H17ClN2O2S. The van der Waals surface area contributed by atoms with Gasteiger partial charge in [-0.1, -0.05) is 23.7 Å². The molecule has 0 unspecified atom stereocenters. The molecule has 0 aliphatic rings. The number of nitrogens with one attached hydrogen (secondary N) is 1. The van der Waals surface area contributed by atoms with Crippen molar-refractivity contribution < 1.29 is 8.42 Å². The summed E-state index contributed by atoms with van der Waals surface area (Å²) in [5.41, 5.74) is 9.07. The zero-order valence-corrected chi connectivity index (χ0v) is 13.6. The van der Waals surface area contributed by atoms with E-state index >= 15 is 0 Å². The fraction of sp³-hybridized carbons (Fsp3) is 0.200. The SMILES string of the molecule is Cc1cccc(NS(=O)(=O)c2cc(C)c(Cl)c(N)c2)c1C. The number of rotatable bonds is 3. The molecule has 112 valence electrons. The average Bonchev–Trinajstić information content (AvgIpc) is 2.40. The van der Waals surface area contributed by atoms with Crippen molar-refractivity contribution >= 4 is 33.0 Å². The molecule has 0 aliphatic carbocycles. The summed E-state index contributed by atoms with van der Waals surface area (Å²) in [6.07, 6.45) is 0. The van der Waals surface area contributed by atoms with E-state index in [0.717, 1.165) is 11.1 Å². The highest BCUT2D eigenvalue weighted by atomic mass is 35.5. The highest BCUT2D eigenvalue weighted by Gasteiger charge is 2.18. The zero-order valence-electron chi connectivity index (χ0n) is 12.1. The Kier molecular flexibility index (Phi) is 4.16. The standard InChI is InChI=1S/C15H17ClN2O2S/c1-9-5-4-6-14(11(9)3)18-21(19,20)12-7-10(2)15(16)13(17)8-12/h4-8,18H,17H2,1-3H3. The smallest absolute Gasteiger partial charge is 0.261 e. The second-order valence-corrected chi connectivity index (χ2v) is 7.06. The quantitative estimate of drug-likeness (QED) is 0.846. The van der Waals surface area contributed by atoms with Crippen LogP contribution in [0.2, 0.25) is 5.02 Å². The molecule has 0 bridgehead atoms. The van der Waals surface area contributed by atoms with Gasteiger partial charge in [-0.3, -0.25) is 4.72 Å². The molecule has 0 saturated heterocycles. The van der Waals surface area contributed by atoms with Gasteiger partial charge < -0.3 is 5.73 Å². The number of anilines is 2. The summed E-state index contributed by atoms with van der Waals surface area (Å²) >= 11 is 5.97. The molecule has 4 nitrogen and oxygen atoms in total. The molecule has 0 spiro atoms. The van der Waals surface area contributed by atoms with E-state index in [1.54, 1.807) is 13.0 Å². The lowest BCUT2D eigenvalue weighted by Gasteiger charge is -2.13. The Morgan fingerprint density at radius 1 is 1.10 bits per heavy atom. The minimum atomic E-state index is -3.70. The predicted molar refractivity (Wildman–Crippen MR) is 87.3 cm³/mol. The van der Waals surface area contributed by atoms with Crippen LogP contribution in [0.3, 0.4) is 0 Å². The first kappa shape index (κ1) is 15.7. The molecule has 0 atom stereocenters. The number of halogens is 1. The molecule has 2 aromatic rings. The van der Waals surface area contributed by atoms with E-state index in [1.807, 2.05) is 26.0 Å². The molecule has 0 saturated carbocycles. The number of sulfonamides is 1. The van der Waals surface area contributed by atoms with E-state index in [-0.39, 0.29) is 10.6 Å². The second kappa shape index (κ2) is 5.58. The van der Waals surface area contributed by atoms with Crippen molar-refractivity contribution in [3.05, 3.63) is 52.0 Å². The Hall–Kier alpha value is -1.72. The van der Waals surface area contributed by atoms with Crippen molar-refractivity contribution in [2.45, 2.75) is 25.7 Å². The monoisotopic (exact) mass is 324 g/mol. The Bertz CT molecular complexity index is 778. The van der Waals surface area contributed by atoms with Crippen LogP contribution in [0.25, 0.3) is 0 Å². The van der Waals surface area contributed by atoms with Gasteiger partial charge in [-0.25, -0.2) is 8.42 Å². The summed E-state index contributed by atoms with van der Waals surface area (Å²) < 4.78 is 27.5. The van der Waals surface area contributed by atoms with Gasteiger partial charge in [0.1, 0.15) is 0 Å². The molecule has 0 amide bonds. The third-order valence-electron chi connectivity index (χ3n) is 3.42. The van der Waals surface area contributed by atoms with Gasteiger partial charge in [0.05, 0.1) is 21.3 Å². The van der Waals surface area contributed by atoms with E-state index in [4.69, 9.17) is 17.3 Å². The third kappa shape index (κ3) is 3.14. The number of hydrogen-bond donors (Lipinski definition) is 2. The van der Waals surface area contributed by atoms with E-state index in [2.05, 4.69) is 4.72 Å². The fourth-order valence-electron chi connectivity index (χ4n) is 1.98. The summed E-state index contributed by atoms with van der Waals surface area (Å²) in [5.74, 6) is 0. The van der Waals surface area contributed by atoms with E-state index < -0.39 is 10.0 Å². The maximum atomic E-state index is 12.5. The van der Waals surface area contributed by atoms with Crippen molar-refractivity contribution in [3.63, 3.8) is 0 Å². The molecule has 21 heavy (non-hydrogen) atoms. The lowest BCUT2D eigenvalue weighted by Crippen LogP contribution is -2.14. The van der Waals surface area contributed by atoms with Crippen LogP contribution in [-0.2, 0) is 10.0 Å². The zero-order chi connectivity index (χ0) is 15.8. The third-order valence-corrected chi connectivity index (χ3v) is 5.28. The molecule has 0 aliphatic heterocycles. The number of nitrogen functional groups attached to an aromatic ring is 1. The topological polar surface area (TPSA) is 72.2 Å². The first-order valence-electron chi connectivity index (χ1n) is 6.37. The molecular weight excluding hydrogens is 308 g/mol. The van der Waals surface area contributed by atoms with Crippen LogP contribution in [0.5, 0.6) is 0 Å². The summed E-state index contributed by atoms with van der Waals surface area (Å²) in [6, 6.07) is 8.33. The van der Waals surface area contributed by atoms with Gasteiger partial charge in [0.15, 0.2) is 0 Å². The molecule has 0 aromatic heterocycles. The number of hydrogen-bond acceptors (Lipinski definition) is 3. The van der Waals surface area contributed by atoms with Gasteiger partial charge >= 0.3 is 0 Å². The van der Waals surface area contributed by atoms with Crippen LogP contribution in [0.1, 0.15) is 16.7 Å². The predicted octanol–water partition coefficient (Wildman–Crippen LogP) is 3.65.